The number of aromatic nitrogens is 4. The Morgan fingerprint density at radius 2 is 1.93 bits per heavy atom. The number of fused-ring (bicyclic) bond motifs is 1. The number of hydrogen-bond acceptors (Lipinski definition) is 6. The van der Waals surface area contributed by atoms with Crippen molar-refractivity contribution in [3.8, 4) is 11.4 Å². The molecule has 0 unspecified atom stereocenters. The van der Waals surface area contributed by atoms with Crippen molar-refractivity contribution >= 4 is 23.2 Å². The van der Waals surface area contributed by atoms with Crippen LogP contribution in [0.4, 0.5) is 4.39 Å². The molecule has 152 valence electrons. The minimum absolute atomic E-state index is 0.0760. The maximum Gasteiger partial charge on any atom is 0.300 e. The molecule has 4 rings (SSSR count). The first kappa shape index (κ1) is 19.8. The van der Waals surface area contributed by atoms with Gasteiger partial charge in [0.25, 0.3) is 0 Å². The number of carbonyl (C=O) groups is 1. The number of hydrogen-bond donors (Lipinski definition) is 0. The van der Waals surface area contributed by atoms with Crippen molar-refractivity contribution in [3.63, 3.8) is 0 Å². The second-order valence-corrected chi connectivity index (χ2v) is 7.24. The molecule has 2 aromatic carbocycles. The van der Waals surface area contributed by atoms with Crippen molar-refractivity contribution in [3.05, 3.63) is 82.7 Å². The lowest BCUT2D eigenvalue weighted by atomic mass is 10.1. The first-order valence-corrected chi connectivity index (χ1v) is 10.2. The monoisotopic (exact) mass is 424 g/mol. The largest absolute Gasteiger partial charge is 0.494 e. The van der Waals surface area contributed by atoms with Crippen molar-refractivity contribution in [2.45, 2.75) is 12.1 Å². The molecule has 9 heteroatoms. The molecule has 0 aliphatic heterocycles. The van der Waals surface area contributed by atoms with Crippen LogP contribution in [0, 0.1) is 5.82 Å². The average molecular weight is 424 g/mol. The highest BCUT2D eigenvalue weighted by Gasteiger charge is 2.14. The van der Waals surface area contributed by atoms with E-state index in [9.17, 15) is 14.0 Å². The number of nitrogens with zero attached hydrogens (tertiary/aromatic N) is 4. The van der Waals surface area contributed by atoms with Gasteiger partial charge in [-0.15, -0.1) is 10.2 Å². The van der Waals surface area contributed by atoms with Gasteiger partial charge in [0.05, 0.1) is 18.0 Å². The van der Waals surface area contributed by atoms with Gasteiger partial charge in [-0.25, -0.2) is 4.39 Å². The molecule has 7 nitrogen and oxygen atoms in total. The Labute approximate surface area is 175 Å². The molecule has 0 aliphatic rings. The zero-order valence-corrected chi connectivity index (χ0v) is 16.8. The molecule has 2 aromatic heterocycles. The summed E-state index contributed by atoms with van der Waals surface area (Å²) in [6, 6.07) is 12.7. The van der Waals surface area contributed by atoms with E-state index in [0.29, 0.717) is 28.8 Å². The summed E-state index contributed by atoms with van der Waals surface area (Å²) in [5.41, 5.74) is 0.622. The Morgan fingerprint density at radius 1 is 1.13 bits per heavy atom. The molecule has 0 atom stereocenters. The summed E-state index contributed by atoms with van der Waals surface area (Å²) in [4.78, 5) is 25.2. The van der Waals surface area contributed by atoms with Crippen LogP contribution in [0.5, 0.6) is 5.75 Å². The zero-order chi connectivity index (χ0) is 21.1. The van der Waals surface area contributed by atoms with Crippen molar-refractivity contribution in [1.82, 2.24) is 19.2 Å². The summed E-state index contributed by atoms with van der Waals surface area (Å²) in [6.07, 6.45) is 3.14. The van der Waals surface area contributed by atoms with Crippen molar-refractivity contribution in [1.29, 1.82) is 0 Å². The first-order valence-electron chi connectivity index (χ1n) is 9.18. The fourth-order valence-electron chi connectivity index (χ4n) is 2.91. The number of rotatable bonds is 7. The van der Waals surface area contributed by atoms with Crippen molar-refractivity contribution < 1.29 is 13.9 Å². The topological polar surface area (TPSA) is 78.5 Å². The molecule has 0 saturated heterocycles. The van der Waals surface area contributed by atoms with Crippen LogP contribution in [0.1, 0.15) is 17.3 Å². The number of benzene rings is 2. The Kier molecular flexibility index (Phi) is 5.62. The lowest BCUT2D eigenvalue weighted by Gasteiger charge is -2.06. The molecule has 0 spiro atoms. The molecule has 0 saturated carbocycles. The highest BCUT2D eigenvalue weighted by atomic mass is 32.2. The van der Waals surface area contributed by atoms with Gasteiger partial charge in [0.2, 0.25) is 5.65 Å². The predicted octanol–water partition coefficient (Wildman–Crippen LogP) is 3.39. The Balaban J connectivity index is 1.53. The molecule has 4 aromatic rings. The van der Waals surface area contributed by atoms with Gasteiger partial charge in [0.1, 0.15) is 11.6 Å². The van der Waals surface area contributed by atoms with Gasteiger partial charge in [-0.3, -0.25) is 18.6 Å². The third kappa shape index (κ3) is 3.97. The summed E-state index contributed by atoms with van der Waals surface area (Å²) in [6.45, 7) is 2.45. The second kappa shape index (κ2) is 8.50. The fourth-order valence-corrected chi connectivity index (χ4v) is 3.72. The van der Waals surface area contributed by atoms with E-state index < -0.39 is 11.4 Å². The SMILES string of the molecule is CCOc1ccc(C(=O)CSc2nnc3c(=O)n(-c4cccc(F)c4)ccn23)cc1. The third-order valence-corrected chi connectivity index (χ3v) is 5.29. The van der Waals surface area contributed by atoms with E-state index in [0.717, 1.165) is 0 Å². The van der Waals surface area contributed by atoms with Gasteiger partial charge >= 0.3 is 5.56 Å². The van der Waals surface area contributed by atoms with Gasteiger partial charge < -0.3 is 4.74 Å². The van der Waals surface area contributed by atoms with Crippen LogP contribution in [0.3, 0.4) is 0 Å². The molecule has 2 heterocycles. The number of carbonyl (C=O) groups excluding carboxylic acids is 1. The summed E-state index contributed by atoms with van der Waals surface area (Å²) >= 11 is 1.19. The van der Waals surface area contributed by atoms with Crippen molar-refractivity contribution in [2.24, 2.45) is 0 Å². The highest BCUT2D eigenvalue weighted by molar-refractivity contribution is 7.99. The quantitative estimate of drug-likeness (QED) is 0.334. The molecule has 0 radical (unpaired) electrons. The van der Waals surface area contributed by atoms with E-state index in [4.69, 9.17) is 4.74 Å². The van der Waals surface area contributed by atoms with Crippen molar-refractivity contribution in [2.75, 3.05) is 12.4 Å². The molecular formula is C21H17FN4O3S. The van der Waals surface area contributed by atoms with Crippen LogP contribution >= 0.6 is 11.8 Å². The van der Waals surface area contributed by atoms with Crippen LogP contribution in [0.15, 0.2) is 70.9 Å². The van der Waals surface area contributed by atoms with Gasteiger partial charge in [-0.1, -0.05) is 17.8 Å². The van der Waals surface area contributed by atoms with Gasteiger partial charge in [-0.2, -0.15) is 0 Å². The fraction of sp³-hybridized carbons (Fsp3) is 0.143. The molecule has 0 amide bonds. The summed E-state index contributed by atoms with van der Waals surface area (Å²) in [5, 5.41) is 8.40. The maximum absolute atomic E-state index is 13.5. The molecule has 0 fully saturated rings. The summed E-state index contributed by atoms with van der Waals surface area (Å²) in [5.74, 6) is 0.333. The number of thioether (sulfide) groups is 1. The van der Waals surface area contributed by atoms with Gasteiger partial charge in [0, 0.05) is 18.0 Å². The second-order valence-electron chi connectivity index (χ2n) is 6.30. The Morgan fingerprint density at radius 3 is 2.67 bits per heavy atom. The Bertz CT molecular complexity index is 1270. The van der Waals surface area contributed by atoms with E-state index in [1.54, 1.807) is 36.5 Å². The van der Waals surface area contributed by atoms with E-state index in [2.05, 4.69) is 10.2 Å². The lowest BCUT2D eigenvalue weighted by molar-refractivity contribution is 0.102. The van der Waals surface area contributed by atoms with Crippen LogP contribution < -0.4 is 10.3 Å². The average Bonchev–Trinajstić information content (AvgIpc) is 3.17. The minimum Gasteiger partial charge on any atom is -0.494 e. The summed E-state index contributed by atoms with van der Waals surface area (Å²) in [7, 11) is 0. The number of ketones is 1. The minimum atomic E-state index is -0.440. The first-order chi connectivity index (χ1) is 14.6. The van der Waals surface area contributed by atoms with E-state index in [1.165, 1.54) is 45.1 Å². The number of ether oxygens (including phenoxy) is 1. The van der Waals surface area contributed by atoms with E-state index in [1.807, 2.05) is 6.92 Å². The smallest absolute Gasteiger partial charge is 0.300 e. The van der Waals surface area contributed by atoms with Crippen LogP contribution in [0.2, 0.25) is 0 Å². The molecule has 30 heavy (non-hydrogen) atoms. The standard InChI is InChI=1S/C21H17FN4O3S/c1-2-29-17-8-6-14(7-9-17)18(27)13-30-21-24-23-19-20(28)25(10-11-26(19)21)16-5-3-4-15(22)12-16/h3-12H,2,13H2,1H3. The Hall–Kier alpha value is -3.46. The molecule has 0 aliphatic carbocycles. The molecule has 0 N–H and O–H groups in total. The van der Waals surface area contributed by atoms with E-state index >= 15 is 0 Å². The number of halogens is 1. The normalized spacial score (nSPS) is 11.0. The van der Waals surface area contributed by atoms with Gasteiger partial charge in [0.15, 0.2) is 10.9 Å². The van der Waals surface area contributed by atoms with Crippen LogP contribution in [-0.4, -0.2) is 37.3 Å². The predicted molar refractivity (Wildman–Crippen MR) is 111 cm³/mol. The van der Waals surface area contributed by atoms with E-state index in [-0.39, 0.29) is 17.2 Å². The van der Waals surface area contributed by atoms with Crippen LogP contribution in [0.25, 0.3) is 11.3 Å². The number of Topliss-reactive ketones (excluding diaryl/α,β-unsaturated/α-hetero) is 1. The zero-order valence-electron chi connectivity index (χ0n) is 16.0. The molecule has 0 bridgehead atoms. The highest BCUT2D eigenvalue weighted by Crippen LogP contribution is 2.19. The third-order valence-electron chi connectivity index (χ3n) is 4.35. The molecular weight excluding hydrogens is 407 g/mol. The lowest BCUT2D eigenvalue weighted by Crippen LogP contribution is -2.20. The summed E-state index contributed by atoms with van der Waals surface area (Å²) < 4.78 is 21.7. The van der Waals surface area contributed by atoms with Gasteiger partial charge in [-0.05, 0) is 49.4 Å². The maximum atomic E-state index is 13.5. The van der Waals surface area contributed by atoms with Crippen LogP contribution in [-0.2, 0) is 0 Å².